The fourth-order valence-corrected chi connectivity index (χ4v) is 3.48. The number of nitriles is 1. The maximum atomic E-state index is 12.5. The van der Waals surface area contributed by atoms with E-state index in [1.807, 2.05) is 0 Å². The van der Waals surface area contributed by atoms with Crippen molar-refractivity contribution in [3.8, 4) is 11.8 Å². The molecule has 1 aromatic rings. The van der Waals surface area contributed by atoms with Crippen LogP contribution in [0.5, 0.6) is 5.75 Å². The molecule has 1 fully saturated rings. The Kier molecular flexibility index (Phi) is 5.15. The third-order valence-corrected chi connectivity index (χ3v) is 5.12. The fraction of sp³-hybridized carbons (Fsp3) is 0.462. The van der Waals surface area contributed by atoms with Crippen LogP contribution in [-0.4, -0.2) is 50.1 Å². The molecule has 10 heteroatoms. The van der Waals surface area contributed by atoms with Gasteiger partial charge in [-0.25, -0.2) is 8.42 Å². The molecule has 9 nitrogen and oxygen atoms in total. The summed E-state index contributed by atoms with van der Waals surface area (Å²) in [6.45, 7) is 2.38. The van der Waals surface area contributed by atoms with Crippen LogP contribution in [0.3, 0.4) is 0 Å². The van der Waals surface area contributed by atoms with Gasteiger partial charge in [0.25, 0.3) is 0 Å². The van der Waals surface area contributed by atoms with Crippen molar-refractivity contribution in [1.29, 1.82) is 5.26 Å². The average Bonchev–Trinajstić information content (AvgIpc) is 2.55. The predicted octanol–water partition coefficient (Wildman–Crippen LogP) is 0.907. The molecule has 1 aliphatic heterocycles. The lowest BCUT2D eigenvalue weighted by molar-refractivity contribution is -0.386. The Hall–Kier alpha value is -2.22. The lowest BCUT2D eigenvalue weighted by Crippen LogP contribution is -2.40. The number of hydrogen-bond donors (Lipinski definition) is 0. The van der Waals surface area contributed by atoms with E-state index in [0.29, 0.717) is 0 Å². The Morgan fingerprint density at radius 1 is 1.43 bits per heavy atom. The molecule has 0 unspecified atom stereocenters. The van der Waals surface area contributed by atoms with Crippen LogP contribution in [0.25, 0.3) is 0 Å². The Labute approximate surface area is 133 Å². The van der Waals surface area contributed by atoms with E-state index in [1.165, 1.54) is 23.4 Å². The van der Waals surface area contributed by atoms with Gasteiger partial charge in [0, 0.05) is 19.2 Å². The normalized spacial score (nSPS) is 17.2. The lowest BCUT2D eigenvalue weighted by Gasteiger charge is -2.26. The van der Waals surface area contributed by atoms with Gasteiger partial charge < -0.3 is 9.47 Å². The van der Waals surface area contributed by atoms with E-state index in [1.54, 1.807) is 6.07 Å². The summed E-state index contributed by atoms with van der Waals surface area (Å²) in [4.78, 5) is 10.2. The van der Waals surface area contributed by atoms with Gasteiger partial charge in [-0.3, -0.25) is 10.1 Å². The van der Waals surface area contributed by atoms with E-state index in [4.69, 9.17) is 14.7 Å². The van der Waals surface area contributed by atoms with E-state index in [-0.39, 0.29) is 36.9 Å². The van der Waals surface area contributed by atoms with Crippen molar-refractivity contribution in [1.82, 2.24) is 4.31 Å². The summed E-state index contributed by atoms with van der Waals surface area (Å²) in [6, 6.07) is 5.17. The molecule has 0 saturated carbocycles. The van der Waals surface area contributed by atoms with E-state index < -0.39 is 26.7 Å². The molecular weight excluding hydrogens is 326 g/mol. The van der Waals surface area contributed by atoms with Gasteiger partial charge in [-0.05, 0) is 19.1 Å². The molecule has 0 bridgehead atoms. The zero-order chi connectivity index (χ0) is 17.0. The van der Waals surface area contributed by atoms with Crippen LogP contribution < -0.4 is 4.74 Å². The van der Waals surface area contributed by atoms with Gasteiger partial charge in [-0.1, -0.05) is 0 Å². The number of rotatable bonds is 5. The third-order valence-electron chi connectivity index (χ3n) is 3.22. The van der Waals surface area contributed by atoms with Crippen molar-refractivity contribution in [3.63, 3.8) is 0 Å². The van der Waals surface area contributed by atoms with Crippen LogP contribution in [0.4, 0.5) is 5.69 Å². The molecule has 1 aliphatic rings. The largest absolute Gasteiger partial charge is 0.469 e. The summed E-state index contributed by atoms with van der Waals surface area (Å²) in [5.41, 5.74) is -0.499. The van der Waals surface area contributed by atoms with E-state index in [0.717, 1.165) is 6.07 Å². The van der Waals surface area contributed by atoms with Crippen molar-refractivity contribution < 1.29 is 22.8 Å². The zero-order valence-corrected chi connectivity index (χ0v) is 13.2. The molecule has 1 atom stereocenters. The second-order valence-electron chi connectivity index (χ2n) is 4.79. The molecule has 1 saturated heterocycles. The average molecular weight is 341 g/mol. The SMILES string of the molecule is C[C@@H](C#N)Oc1ccc(S(=O)(=O)N2CCOCC2)cc1[N+](=O)[O-]. The Bertz CT molecular complexity index is 737. The number of morpholine rings is 1. The molecule has 23 heavy (non-hydrogen) atoms. The summed E-state index contributed by atoms with van der Waals surface area (Å²) in [5.74, 6) is -0.148. The summed E-state index contributed by atoms with van der Waals surface area (Å²) < 4.78 is 36.5. The van der Waals surface area contributed by atoms with Gasteiger partial charge in [-0.2, -0.15) is 9.57 Å². The molecule has 124 valence electrons. The summed E-state index contributed by atoms with van der Waals surface area (Å²) >= 11 is 0. The van der Waals surface area contributed by atoms with Crippen molar-refractivity contribution in [3.05, 3.63) is 28.3 Å². The number of ether oxygens (including phenoxy) is 2. The predicted molar refractivity (Wildman–Crippen MR) is 78.4 cm³/mol. The fourth-order valence-electron chi connectivity index (χ4n) is 2.05. The molecule has 0 aliphatic carbocycles. The number of benzene rings is 1. The lowest BCUT2D eigenvalue weighted by atomic mass is 10.3. The standard InChI is InChI=1S/C13H15N3O6S/c1-10(9-14)22-13-3-2-11(8-12(13)16(17)18)23(19,20)15-4-6-21-7-5-15/h2-3,8,10H,4-7H2,1H3/t10-/m0/s1. The Morgan fingerprint density at radius 3 is 2.65 bits per heavy atom. The second kappa shape index (κ2) is 6.91. The smallest absolute Gasteiger partial charge is 0.312 e. The second-order valence-corrected chi connectivity index (χ2v) is 6.73. The molecule has 1 heterocycles. The molecule has 2 rings (SSSR count). The van der Waals surface area contributed by atoms with Crippen LogP contribution >= 0.6 is 0 Å². The number of sulfonamides is 1. The number of nitro benzene ring substituents is 1. The minimum absolute atomic E-state index is 0.148. The maximum Gasteiger partial charge on any atom is 0.312 e. The van der Waals surface area contributed by atoms with Gasteiger partial charge in [0.2, 0.25) is 10.0 Å². The summed E-state index contributed by atoms with van der Waals surface area (Å²) in [7, 11) is -3.84. The van der Waals surface area contributed by atoms with Gasteiger partial charge in [0.1, 0.15) is 6.07 Å². The first-order valence-electron chi connectivity index (χ1n) is 6.79. The Balaban J connectivity index is 2.39. The van der Waals surface area contributed by atoms with E-state index >= 15 is 0 Å². The van der Waals surface area contributed by atoms with Gasteiger partial charge >= 0.3 is 5.69 Å². The number of hydrogen-bond acceptors (Lipinski definition) is 7. The molecule has 0 aromatic heterocycles. The van der Waals surface area contributed by atoms with Gasteiger partial charge in [0.05, 0.1) is 23.0 Å². The first-order chi connectivity index (χ1) is 10.9. The zero-order valence-electron chi connectivity index (χ0n) is 12.3. The quantitative estimate of drug-likeness (QED) is 0.576. The molecular formula is C13H15N3O6S. The minimum Gasteiger partial charge on any atom is -0.469 e. The maximum absolute atomic E-state index is 12.5. The molecule has 1 aromatic carbocycles. The van der Waals surface area contributed by atoms with Crippen LogP contribution in [0.15, 0.2) is 23.1 Å². The van der Waals surface area contributed by atoms with Crippen LogP contribution in [0, 0.1) is 21.4 Å². The highest BCUT2D eigenvalue weighted by Gasteiger charge is 2.29. The van der Waals surface area contributed by atoms with Gasteiger partial charge in [-0.15, -0.1) is 0 Å². The van der Waals surface area contributed by atoms with Crippen LogP contribution in [0.2, 0.25) is 0 Å². The first kappa shape index (κ1) is 17.1. The van der Waals surface area contributed by atoms with Crippen molar-refractivity contribution in [2.75, 3.05) is 26.3 Å². The van der Waals surface area contributed by atoms with Crippen LogP contribution in [-0.2, 0) is 14.8 Å². The van der Waals surface area contributed by atoms with Crippen molar-refractivity contribution in [2.45, 2.75) is 17.9 Å². The highest BCUT2D eigenvalue weighted by atomic mass is 32.2. The molecule has 0 N–H and O–H groups in total. The van der Waals surface area contributed by atoms with Gasteiger partial charge in [0.15, 0.2) is 11.9 Å². The monoisotopic (exact) mass is 341 g/mol. The summed E-state index contributed by atoms with van der Waals surface area (Å²) in [5, 5.41) is 19.9. The van der Waals surface area contributed by atoms with Crippen molar-refractivity contribution >= 4 is 15.7 Å². The highest BCUT2D eigenvalue weighted by Crippen LogP contribution is 2.31. The third kappa shape index (κ3) is 3.76. The minimum atomic E-state index is -3.84. The molecule has 0 amide bonds. The first-order valence-corrected chi connectivity index (χ1v) is 8.23. The topological polar surface area (TPSA) is 123 Å². The highest BCUT2D eigenvalue weighted by molar-refractivity contribution is 7.89. The van der Waals surface area contributed by atoms with E-state index in [9.17, 15) is 18.5 Å². The Morgan fingerprint density at radius 2 is 2.09 bits per heavy atom. The van der Waals surface area contributed by atoms with Crippen LogP contribution in [0.1, 0.15) is 6.92 Å². The summed E-state index contributed by atoms with van der Waals surface area (Å²) in [6.07, 6.45) is -0.893. The number of nitrogens with zero attached hydrogens (tertiary/aromatic N) is 3. The van der Waals surface area contributed by atoms with E-state index in [2.05, 4.69) is 0 Å². The number of nitro groups is 1. The molecule has 0 radical (unpaired) electrons. The molecule has 0 spiro atoms. The van der Waals surface area contributed by atoms with Crippen molar-refractivity contribution in [2.24, 2.45) is 0 Å².